The maximum absolute atomic E-state index is 4.81. The monoisotopic (exact) mass is 133 g/mol. The minimum absolute atomic E-state index is 0.855. The van der Waals surface area contributed by atoms with Crippen molar-refractivity contribution in [3.63, 3.8) is 0 Å². The smallest absolute Gasteiger partial charge is 0.128 e. The van der Waals surface area contributed by atoms with Gasteiger partial charge in [-0.05, 0) is 12.1 Å². The molecular formula is C7H5N2O. The highest BCUT2D eigenvalue weighted by atomic mass is 16.6. The van der Waals surface area contributed by atoms with Gasteiger partial charge in [-0.3, -0.25) is 0 Å². The number of hydrogen-bond donors (Lipinski definition) is 1. The van der Waals surface area contributed by atoms with E-state index in [2.05, 4.69) is 16.7 Å². The highest BCUT2D eigenvalue weighted by Gasteiger charge is 1.89. The topological polar surface area (TPSA) is 34.2 Å². The zero-order valence-electron chi connectivity index (χ0n) is 5.16. The van der Waals surface area contributed by atoms with E-state index in [4.69, 9.17) is 4.84 Å². The fourth-order valence-electron chi connectivity index (χ4n) is 0.786. The van der Waals surface area contributed by atoms with Gasteiger partial charge in [0, 0.05) is 5.22 Å². The van der Waals surface area contributed by atoms with Crippen LogP contribution in [0.2, 0.25) is 0 Å². The number of pyridine rings is 1. The standard InChI is InChI=1S/C7H5N2O/c1-2-6-5-10-9-4-7(6)8-3-1/h1-2,4-5,9H. The van der Waals surface area contributed by atoms with E-state index in [1.54, 1.807) is 18.5 Å². The van der Waals surface area contributed by atoms with Crippen molar-refractivity contribution in [3.8, 4) is 0 Å². The van der Waals surface area contributed by atoms with Gasteiger partial charge in [-0.15, -0.1) is 0 Å². The van der Waals surface area contributed by atoms with E-state index in [-0.39, 0.29) is 0 Å². The molecule has 2 heterocycles. The van der Waals surface area contributed by atoms with Crippen molar-refractivity contribution in [2.24, 2.45) is 0 Å². The SMILES string of the molecule is [c]1ccc2c(n1)=CNOC=2. The second kappa shape index (κ2) is 2.02. The van der Waals surface area contributed by atoms with Crippen LogP contribution in [0, 0.1) is 6.20 Å². The second-order valence-corrected chi connectivity index (χ2v) is 1.91. The van der Waals surface area contributed by atoms with E-state index in [9.17, 15) is 0 Å². The minimum Gasteiger partial charge on any atom is -0.390 e. The Balaban J connectivity index is 2.84. The first-order valence-corrected chi connectivity index (χ1v) is 2.91. The molecule has 0 aliphatic carbocycles. The first-order valence-electron chi connectivity index (χ1n) is 2.91. The van der Waals surface area contributed by atoms with Crippen molar-refractivity contribution in [1.29, 1.82) is 0 Å². The van der Waals surface area contributed by atoms with Crippen LogP contribution in [-0.2, 0) is 4.84 Å². The summed E-state index contributed by atoms with van der Waals surface area (Å²) >= 11 is 0. The molecule has 0 fully saturated rings. The molecule has 0 spiro atoms. The summed E-state index contributed by atoms with van der Waals surface area (Å²) < 4.78 is 0. The molecule has 0 saturated heterocycles. The number of fused-ring (bicyclic) bond motifs is 1. The van der Waals surface area contributed by atoms with Crippen molar-refractivity contribution in [2.75, 3.05) is 0 Å². The Morgan fingerprint density at radius 3 is 3.50 bits per heavy atom. The van der Waals surface area contributed by atoms with E-state index in [0.717, 1.165) is 10.6 Å². The number of rotatable bonds is 0. The van der Waals surface area contributed by atoms with Crippen LogP contribution in [0.1, 0.15) is 0 Å². The van der Waals surface area contributed by atoms with Crippen molar-refractivity contribution < 1.29 is 4.84 Å². The molecule has 0 bridgehead atoms. The number of hydroxylamine groups is 1. The molecule has 0 saturated carbocycles. The van der Waals surface area contributed by atoms with Crippen molar-refractivity contribution in [1.82, 2.24) is 10.5 Å². The van der Waals surface area contributed by atoms with Crippen molar-refractivity contribution >= 4 is 12.5 Å². The number of hydrogen-bond acceptors (Lipinski definition) is 3. The van der Waals surface area contributed by atoms with E-state index in [1.165, 1.54) is 0 Å². The molecule has 1 radical (unpaired) electrons. The zero-order valence-corrected chi connectivity index (χ0v) is 5.16. The van der Waals surface area contributed by atoms with E-state index < -0.39 is 0 Å². The van der Waals surface area contributed by atoms with Crippen molar-refractivity contribution in [3.05, 3.63) is 28.9 Å². The van der Waals surface area contributed by atoms with Gasteiger partial charge in [0.2, 0.25) is 0 Å². The molecule has 1 aromatic heterocycles. The molecule has 1 aliphatic heterocycles. The quantitative estimate of drug-likeness (QED) is 0.487. The molecule has 3 nitrogen and oxygen atoms in total. The summed E-state index contributed by atoms with van der Waals surface area (Å²) in [7, 11) is 0. The summed E-state index contributed by atoms with van der Waals surface area (Å²) in [5, 5.41) is 1.83. The van der Waals surface area contributed by atoms with Gasteiger partial charge in [-0.1, -0.05) is 0 Å². The van der Waals surface area contributed by atoms with Gasteiger partial charge in [0.25, 0.3) is 0 Å². The Bertz CT molecular complexity index is 310. The molecule has 0 amide bonds. The van der Waals surface area contributed by atoms with E-state index in [0.29, 0.717) is 0 Å². The lowest BCUT2D eigenvalue weighted by atomic mass is 10.4. The van der Waals surface area contributed by atoms with Gasteiger partial charge in [0.05, 0.1) is 17.7 Å². The van der Waals surface area contributed by atoms with Gasteiger partial charge >= 0.3 is 0 Å². The van der Waals surface area contributed by atoms with Gasteiger partial charge < -0.3 is 4.84 Å². The van der Waals surface area contributed by atoms with Crippen LogP contribution in [0.3, 0.4) is 0 Å². The van der Waals surface area contributed by atoms with Crippen LogP contribution in [0.15, 0.2) is 12.1 Å². The zero-order chi connectivity index (χ0) is 6.81. The number of nitrogens with zero attached hydrogens (tertiary/aromatic N) is 1. The predicted molar refractivity (Wildman–Crippen MR) is 35.5 cm³/mol. The molecule has 0 aromatic carbocycles. The molecule has 1 aliphatic rings. The Morgan fingerprint density at radius 1 is 1.60 bits per heavy atom. The minimum atomic E-state index is 0.855. The predicted octanol–water partition coefficient (Wildman–Crippen LogP) is -1.11. The Morgan fingerprint density at radius 2 is 2.60 bits per heavy atom. The molecule has 1 N–H and O–H groups in total. The van der Waals surface area contributed by atoms with E-state index in [1.807, 2.05) is 6.07 Å². The van der Waals surface area contributed by atoms with Gasteiger partial charge in [-0.2, -0.15) is 0 Å². The summed E-state index contributed by atoms with van der Waals surface area (Å²) in [6.07, 6.45) is 6.02. The summed E-state index contributed by atoms with van der Waals surface area (Å²) in [4.78, 5) is 8.78. The third kappa shape index (κ3) is 0.719. The van der Waals surface area contributed by atoms with Crippen LogP contribution < -0.4 is 16.0 Å². The molecule has 2 rings (SSSR count). The number of aromatic nitrogens is 1. The molecular weight excluding hydrogens is 128 g/mol. The highest BCUT2D eigenvalue weighted by molar-refractivity contribution is 5.25. The third-order valence-electron chi connectivity index (χ3n) is 1.27. The van der Waals surface area contributed by atoms with Gasteiger partial charge in [-0.25, -0.2) is 10.5 Å². The molecule has 49 valence electrons. The van der Waals surface area contributed by atoms with Crippen LogP contribution in [0.25, 0.3) is 12.5 Å². The summed E-state index contributed by atoms with van der Waals surface area (Å²) in [6.45, 7) is 0. The average molecular weight is 133 g/mol. The summed E-state index contributed by atoms with van der Waals surface area (Å²) in [5.74, 6) is 0. The third-order valence-corrected chi connectivity index (χ3v) is 1.27. The lowest BCUT2D eigenvalue weighted by Gasteiger charge is -2.01. The summed E-state index contributed by atoms with van der Waals surface area (Å²) in [6, 6.07) is 3.64. The number of nitrogens with one attached hydrogen (secondary N) is 1. The van der Waals surface area contributed by atoms with E-state index >= 15 is 0 Å². The molecule has 10 heavy (non-hydrogen) atoms. The lowest BCUT2D eigenvalue weighted by Crippen LogP contribution is -2.34. The highest BCUT2D eigenvalue weighted by Crippen LogP contribution is 1.73. The van der Waals surface area contributed by atoms with Gasteiger partial charge in [0.15, 0.2) is 0 Å². The van der Waals surface area contributed by atoms with Crippen LogP contribution >= 0.6 is 0 Å². The first-order chi connectivity index (χ1) is 4.97. The average Bonchev–Trinajstić information content (AvgIpc) is 2.05. The van der Waals surface area contributed by atoms with Crippen molar-refractivity contribution in [2.45, 2.75) is 0 Å². The fourth-order valence-corrected chi connectivity index (χ4v) is 0.786. The fraction of sp³-hybridized carbons (Fsp3) is 0. The lowest BCUT2D eigenvalue weighted by molar-refractivity contribution is 0.228. The summed E-state index contributed by atoms with van der Waals surface area (Å²) in [5.41, 5.74) is 2.58. The Kier molecular flexibility index (Phi) is 1.07. The maximum atomic E-state index is 4.81. The first kappa shape index (κ1) is 5.29. The van der Waals surface area contributed by atoms with Gasteiger partial charge in [0.1, 0.15) is 6.26 Å². The second-order valence-electron chi connectivity index (χ2n) is 1.91. The normalized spacial score (nSPS) is 13.2. The van der Waals surface area contributed by atoms with Crippen LogP contribution in [-0.4, -0.2) is 4.98 Å². The van der Waals surface area contributed by atoms with Crippen LogP contribution in [0.4, 0.5) is 0 Å². The molecule has 0 atom stereocenters. The Labute approximate surface area is 57.6 Å². The Hall–Kier alpha value is -1.51. The molecule has 3 heteroatoms. The largest absolute Gasteiger partial charge is 0.390 e. The van der Waals surface area contributed by atoms with Crippen LogP contribution in [0.5, 0.6) is 0 Å². The molecule has 1 aromatic rings. The maximum Gasteiger partial charge on any atom is 0.128 e. The molecule has 0 unspecified atom stereocenters.